The Balaban J connectivity index is 2.10. The summed E-state index contributed by atoms with van der Waals surface area (Å²) >= 11 is 6.13. The molecule has 5 nitrogen and oxygen atoms in total. The van der Waals surface area contributed by atoms with Crippen molar-refractivity contribution in [3.63, 3.8) is 0 Å². The fourth-order valence-electron chi connectivity index (χ4n) is 2.75. The van der Waals surface area contributed by atoms with E-state index in [0.717, 1.165) is 19.3 Å². The first kappa shape index (κ1) is 18.7. The SMILES string of the molecule is COCC1(C(=O)Nc2ccc(Cl)c(C(=O)NCC(C)C)c2)CCC1. The Kier molecular flexibility index (Phi) is 6.24. The van der Waals surface area contributed by atoms with E-state index in [0.29, 0.717) is 35.3 Å². The molecule has 2 N–H and O–H groups in total. The van der Waals surface area contributed by atoms with Gasteiger partial charge in [0.25, 0.3) is 5.91 Å². The molecule has 132 valence electrons. The quantitative estimate of drug-likeness (QED) is 0.789. The van der Waals surface area contributed by atoms with Crippen LogP contribution in [0.1, 0.15) is 43.5 Å². The number of methoxy groups -OCH3 is 1. The molecule has 0 spiro atoms. The van der Waals surface area contributed by atoms with E-state index in [1.807, 2.05) is 13.8 Å². The Morgan fingerprint density at radius 3 is 2.58 bits per heavy atom. The van der Waals surface area contributed by atoms with Crippen molar-refractivity contribution in [2.24, 2.45) is 11.3 Å². The topological polar surface area (TPSA) is 67.4 Å². The number of amides is 2. The third-order valence-corrected chi connectivity index (χ3v) is 4.68. The maximum absolute atomic E-state index is 12.6. The summed E-state index contributed by atoms with van der Waals surface area (Å²) in [6.45, 7) is 5.02. The minimum absolute atomic E-state index is 0.0635. The monoisotopic (exact) mass is 352 g/mol. The first-order chi connectivity index (χ1) is 11.4. The molecule has 2 rings (SSSR count). The lowest BCUT2D eigenvalue weighted by atomic mass is 9.68. The summed E-state index contributed by atoms with van der Waals surface area (Å²) in [6.07, 6.45) is 2.67. The number of carbonyl (C=O) groups excluding carboxylic acids is 2. The molecule has 1 aromatic carbocycles. The third kappa shape index (κ3) is 4.28. The van der Waals surface area contributed by atoms with Gasteiger partial charge in [0.2, 0.25) is 5.91 Å². The minimum atomic E-state index is -0.450. The van der Waals surface area contributed by atoms with Gasteiger partial charge >= 0.3 is 0 Å². The summed E-state index contributed by atoms with van der Waals surface area (Å²) in [5.74, 6) is 0.0506. The van der Waals surface area contributed by atoms with Crippen molar-refractivity contribution >= 4 is 29.1 Å². The molecule has 0 radical (unpaired) electrons. The lowest BCUT2D eigenvalue weighted by molar-refractivity contribution is -0.134. The van der Waals surface area contributed by atoms with Crippen molar-refractivity contribution in [3.05, 3.63) is 28.8 Å². The highest BCUT2D eigenvalue weighted by atomic mass is 35.5. The van der Waals surface area contributed by atoms with E-state index in [4.69, 9.17) is 16.3 Å². The molecule has 24 heavy (non-hydrogen) atoms. The molecule has 1 saturated carbocycles. The first-order valence-corrected chi connectivity index (χ1v) is 8.64. The van der Waals surface area contributed by atoms with Crippen LogP contribution in [-0.4, -0.2) is 32.1 Å². The normalized spacial score (nSPS) is 15.7. The molecule has 6 heteroatoms. The predicted molar refractivity (Wildman–Crippen MR) is 95.4 cm³/mol. The van der Waals surface area contributed by atoms with Crippen LogP contribution in [0.15, 0.2) is 18.2 Å². The van der Waals surface area contributed by atoms with Crippen molar-refractivity contribution < 1.29 is 14.3 Å². The van der Waals surface area contributed by atoms with Crippen LogP contribution in [0.3, 0.4) is 0 Å². The van der Waals surface area contributed by atoms with E-state index in [-0.39, 0.29) is 11.8 Å². The van der Waals surface area contributed by atoms with Gasteiger partial charge in [-0.25, -0.2) is 0 Å². The van der Waals surface area contributed by atoms with E-state index in [1.165, 1.54) is 0 Å². The van der Waals surface area contributed by atoms with Crippen LogP contribution in [0.4, 0.5) is 5.69 Å². The van der Waals surface area contributed by atoms with Gasteiger partial charge in [-0.05, 0) is 37.0 Å². The Labute approximate surface area is 148 Å². The van der Waals surface area contributed by atoms with Crippen LogP contribution < -0.4 is 10.6 Å². The lowest BCUT2D eigenvalue weighted by Crippen LogP contribution is -2.45. The summed E-state index contributed by atoms with van der Waals surface area (Å²) in [4.78, 5) is 24.8. The number of nitrogens with one attached hydrogen (secondary N) is 2. The van der Waals surface area contributed by atoms with Crippen LogP contribution in [0, 0.1) is 11.3 Å². The van der Waals surface area contributed by atoms with Gasteiger partial charge in [0.1, 0.15) is 0 Å². The number of ether oxygens (including phenoxy) is 1. The molecule has 1 aromatic rings. The molecule has 0 aliphatic heterocycles. The number of hydrogen-bond acceptors (Lipinski definition) is 3. The highest BCUT2D eigenvalue weighted by molar-refractivity contribution is 6.34. The second-order valence-corrected chi connectivity index (χ2v) is 7.23. The van der Waals surface area contributed by atoms with Gasteiger partial charge in [0.05, 0.1) is 22.6 Å². The summed E-state index contributed by atoms with van der Waals surface area (Å²) < 4.78 is 5.20. The molecular formula is C18H25ClN2O3. The second-order valence-electron chi connectivity index (χ2n) is 6.82. The van der Waals surface area contributed by atoms with Crippen LogP contribution in [0.25, 0.3) is 0 Å². The van der Waals surface area contributed by atoms with Crippen molar-refractivity contribution in [2.75, 3.05) is 25.6 Å². The average Bonchev–Trinajstić information content (AvgIpc) is 2.50. The van der Waals surface area contributed by atoms with E-state index < -0.39 is 5.41 Å². The maximum atomic E-state index is 12.6. The van der Waals surface area contributed by atoms with E-state index in [1.54, 1.807) is 25.3 Å². The Morgan fingerprint density at radius 2 is 2.04 bits per heavy atom. The van der Waals surface area contributed by atoms with E-state index in [9.17, 15) is 9.59 Å². The summed E-state index contributed by atoms with van der Waals surface area (Å²) in [7, 11) is 1.60. The Morgan fingerprint density at radius 1 is 1.33 bits per heavy atom. The van der Waals surface area contributed by atoms with Gasteiger partial charge < -0.3 is 15.4 Å². The fraction of sp³-hybridized carbons (Fsp3) is 0.556. The molecule has 0 aromatic heterocycles. The van der Waals surface area contributed by atoms with Gasteiger partial charge in [-0.3, -0.25) is 9.59 Å². The zero-order valence-corrected chi connectivity index (χ0v) is 15.2. The van der Waals surface area contributed by atoms with Crippen LogP contribution in [0.2, 0.25) is 5.02 Å². The largest absolute Gasteiger partial charge is 0.384 e. The molecular weight excluding hydrogens is 328 g/mol. The number of benzene rings is 1. The van der Waals surface area contributed by atoms with Crippen molar-refractivity contribution in [1.82, 2.24) is 5.32 Å². The van der Waals surface area contributed by atoms with E-state index in [2.05, 4.69) is 10.6 Å². The molecule has 1 fully saturated rings. The van der Waals surface area contributed by atoms with Gasteiger partial charge in [-0.2, -0.15) is 0 Å². The number of carbonyl (C=O) groups is 2. The van der Waals surface area contributed by atoms with Crippen molar-refractivity contribution in [2.45, 2.75) is 33.1 Å². The maximum Gasteiger partial charge on any atom is 0.252 e. The van der Waals surface area contributed by atoms with Crippen LogP contribution in [0.5, 0.6) is 0 Å². The number of hydrogen-bond donors (Lipinski definition) is 2. The Bertz CT molecular complexity index is 612. The zero-order valence-electron chi connectivity index (χ0n) is 14.4. The average molecular weight is 353 g/mol. The van der Waals surface area contributed by atoms with Crippen molar-refractivity contribution in [1.29, 1.82) is 0 Å². The lowest BCUT2D eigenvalue weighted by Gasteiger charge is -2.39. The van der Waals surface area contributed by atoms with E-state index >= 15 is 0 Å². The van der Waals surface area contributed by atoms with Gasteiger partial charge in [-0.15, -0.1) is 0 Å². The predicted octanol–water partition coefficient (Wildman–Crippen LogP) is 3.48. The molecule has 2 amide bonds. The summed E-state index contributed by atoms with van der Waals surface area (Å²) in [5, 5.41) is 6.10. The standard InChI is InChI=1S/C18H25ClN2O3/c1-12(2)10-20-16(22)14-9-13(5-6-15(14)19)21-17(23)18(11-24-3)7-4-8-18/h5-6,9,12H,4,7-8,10-11H2,1-3H3,(H,20,22)(H,21,23). The molecule has 0 atom stereocenters. The molecule has 0 heterocycles. The number of rotatable bonds is 7. The first-order valence-electron chi connectivity index (χ1n) is 8.26. The smallest absolute Gasteiger partial charge is 0.252 e. The zero-order chi connectivity index (χ0) is 17.7. The highest BCUT2D eigenvalue weighted by Crippen LogP contribution is 2.42. The highest BCUT2D eigenvalue weighted by Gasteiger charge is 2.44. The van der Waals surface area contributed by atoms with Gasteiger partial charge in [0.15, 0.2) is 0 Å². The van der Waals surface area contributed by atoms with Crippen LogP contribution in [-0.2, 0) is 9.53 Å². The molecule has 0 saturated heterocycles. The number of anilines is 1. The molecule has 0 unspecified atom stereocenters. The Hall–Kier alpha value is -1.59. The molecule has 1 aliphatic rings. The summed E-state index contributed by atoms with van der Waals surface area (Å²) in [6, 6.07) is 4.96. The van der Waals surface area contributed by atoms with Gasteiger partial charge in [-0.1, -0.05) is 31.9 Å². The fourth-order valence-corrected chi connectivity index (χ4v) is 2.95. The van der Waals surface area contributed by atoms with Crippen LogP contribution >= 0.6 is 11.6 Å². The summed E-state index contributed by atoms with van der Waals surface area (Å²) in [5.41, 5.74) is 0.486. The molecule has 0 bridgehead atoms. The second kappa shape index (κ2) is 7.99. The van der Waals surface area contributed by atoms with Gasteiger partial charge in [0, 0.05) is 19.3 Å². The minimum Gasteiger partial charge on any atom is -0.384 e. The third-order valence-electron chi connectivity index (χ3n) is 4.35. The number of halogens is 1. The molecule has 1 aliphatic carbocycles. The van der Waals surface area contributed by atoms with Crippen molar-refractivity contribution in [3.8, 4) is 0 Å².